The van der Waals surface area contributed by atoms with Gasteiger partial charge in [-0.1, -0.05) is 11.6 Å². The molecule has 0 saturated carbocycles. The van der Waals surface area contributed by atoms with E-state index in [4.69, 9.17) is 11.6 Å². The summed E-state index contributed by atoms with van der Waals surface area (Å²) in [6, 6.07) is 10.9. The molecule has 0 atom stereocenters. The highest BCUT2D eigenvalue weighted by Crippen LogP contribution is 2.25. The topological polar surface area (TPSA) is 42.0 Å². The van der Waals surface area contributed by atoms with Gasteiger partial charge in [0, 0.05) is 14.3 Å². The van der Waals surface area contributed by atoms with Gasteiger partial charge in [0.2, 0.25) is 0 Å². The summed E-state index contributed by atoms with van der Waals surface area (Å²) >= 11 is 9.63. The van der Waals surface area contributed by atoms with Crippen LogP contribution in [-0.2, 0) is 0 Å². The number of hydrogen-bond acceptors (Lipinski definition) is 3. The summed E-state index contributed by atoms with van der Waals surface area (Å²) in [5, 5.41) is 4.55. The summed E-state index contributed by atoms with van der Waals surface area (Å²) in [4.78, 5) is 16.7. The minimum Gasteiger partial charge on any atom is -0.322 e. The zero-order chi connectivity index (χ0) is 15.0. The lowest BCUT2D eigenvalue weighted by Gasteiger charge is -2.07. The fraction of sp³-hybridized carbons (Fsp3) is 0.0667. The number of hydrogen-bond donors (Lipinski definition) is 1. The van der Waals surface area contributed by atoms with Crippen molar-refractivity contribution in [2.45, 2.75) is 6.92 Å². The third-order valence-electron chi connectivity index (χ3n) is 2.93. The molecule has 0 saturated heterocycles. The maximum Gasteiger partial charge on any atom is 0.256 e. The molecule has 1 amide bonds. The highest BCUT2D eigenvalue weighted by Gasteiger charge is 2.11. The molecule has 21 heavy (non-hydrogen) atoms. The summed E-state index contributed by atoms with van der Waals surface area (Å²) in [6.07, 6.45) is 0. The summed E-state index contributed by atoms with van der Waals surface area (Å²) in [7, 11) is 0. The van der Waals surface area contributed by atoms with Crippen molar-refractivity contribution >= 4 is 67.3 Å². The quantitative estimate of drug-likeness (QED) is 0.576. The number of carbonyl (C=O) groups is 1. The molecule has 0 fully saturated rings. The van der Waals surface area contributed by atoms with E-state index >= 15 is 0 Å². The first kappa shape index (κ1) is 14.7. The van der Waals surface area contributed by atoms with E-state index in [1.807, 2.05) is 25.1 Å². The molecule has 1 N–H and O–H groups in total. The predicted octanol–water partition coefficient (Wildman–Crippen LogP) is 5.12. The Hall–Kier alpha value is -1.18. The lowest BCUT2D eigenvalue weighted by Crippen LogP contribution is -2.13. The van der Waals surface area contributed by atoms with E-state index in [1.165, 1.54) is 0 Å². The minimum atomic E-state index is -0.142. The Kier molecular flexibility index (Phi) is 4.14. The van der Waals surface area contributed by atoms with Gasteiger partial charge in [-0.05, 0) is 65.9 Å². The predicted molar refractivity (Wildman–Crippen MR) is 96.5 cm³/mol. The highest BCUT2D eigenvalue weighted by molar-refractivity contribution is 14.1. The van der Waals surface area contributed by atoms with E-state index in [0.717, 1.165) is 24.5 Å². The zero-order valence-electron chi connectivity index (χ0n) is 11.0. The van der Waals surface area contributed by atoms with E-state index in [-0.39, 0.29) is 5.91 Å². The van der Waals surface area contributed by atoms with Crippen LogP contribution < -0.4 is 5.32 Å². The Labute approximate surface area is 144 Å². The summed E-state index contributed by atoms with van der Waals surface area (Å²) in [5.41, 5.74) is 2.33. The van der Waals surface area contributed by atoms with Crippen LogP contribution in [0.1, 0.15) is 15.4 Å². The maximum atomic E-state index is 12.3. The number of halogens is 2. The average Bonchev–Trinajstić information content (AvgIpc) is 2.77. The van der Waals surface area contributed by atoms with Crippen LogP contribution in [0.4, 0.5) is 5.69 Å². The van der Waals surface area contributed by atoms with Crippen LogP contribution in [0.25, 0.3) is 10.2 Å². The van der Waals surface area contributed by atoms with E-state index < -0.39 is 0 Å². The molecule has 6 heteroatoms. The number of aryl methyl sites for hydroxylation is 1. The molecule has 1 aromatic heterocycles. The van der Waals surface area contributed by atoms with Gasteiger partial charge >= 0.3 is 0 Å². The Balaban J connectivity index is 1.88. The van der Waals surface area contributed by atoms with Crippen molar-refractivity contribution < 1.29 is 4.79 Å². The first-order valence-corrected chi connectivity index (χ1v) is 8.44. The number of carbonyl (C=O) groups excluding carboxylic acids is 1. The van der Waals surface area contributed by atoms with Crippen molar-refractivity contribution in [2.24, 2.45) is 0 Å². The molecular formula is C15H10ClIN2OS. The van der Waals surface area contributed by atoms with Gasteiger partial charge in [0.05, 0.1) is 20.8 Å². The van der Waals surface area contributed by atoms with Crippen molar-refractivity contribution in [3.63, 3.8) is 0 Å². The molecule has 0 aliphatic rings. The van der Waals surface area contributed by atoms with Crippen molar-refractivity contribution in [3.05, 3.63) is 55.6 Å². The summed E-state index contributed by atoms with van der Waals surface area (Å²) in [5.74, 6) is -0.142. The monoisotopic (exact) mass is 428 g/mol. The van der Waals surface area contributed by atoms with Crippen LogP contribution in [-0.4, -0.2) is 10.9 Å². The van der Waals surface area contributed by atoms with Gasteiger partial charge in [0.1, 0.15) is 0 Å². The lowest BCUT2D eigenvalue weighted by molar-refractivity contribution is 0.102. The molecule has 1 heterocycles. The minimum absolute atomic E-state index is 0.142. The van der Waals surface area contributed by atoms with Gasteiger partial charge < -0.3 is 5.32 Å². The van der Waals surface area contributed by atoms with Crippen LogP contribution in [0.5, 0.6) is 0 Å². The molecule has 3 aromatic rings. The molecule has 3 rings (SSSR count). The number of thiazole rings is 1. The smallest absolute Gasteiger partial charge is 0.256 e. The van der Waals surface area contributed by atoms with Crippen molar-refractivity contribution in [1.82, 2.24) is 4.98 Å². The molecule has 0 radical (unpaired) electrons. The first-order valence-electron chi connectivity index (χ1n) is 6.16. The Bertz CT molecular complexity index is 847. The van der Waals surface area contributed by atoms with E-state index in [0.29, 0.717) is 10.6 Å². The largest absolute Gasteiger partial charge is 0.322 e. The summed E-state index contributed by atoms with van der Waals surface area (Å²) in [6.45, 7) is 1.97. The third-order valence-corrected chi connectivity index (χ3v) is 4.99. The number of fused-ring (bicyclic) bond motifs is 1. The van der Waals surface area contributed by atoms with Crippen LogP contribution >= 0.6 is 45.5 Å². The SMILES string of the molecule is Cc1nc2ccc(NC(=O)c3ccc(Cl)cc3I)cc2s1. The molecule has 106 valence electrons. The number of nitrogens with one attached hydrogen (secondary N) is 1. The van der Waals surface area contributed by atoms with Crippen molar-refractivity contribution in [2.75, 3.05) is 5.32 Å². The number of anilines is 1. The molecule has 0 unspecified atom stereocenters. The number of aromatic nitrogens is 1. The van der Waals surface area contributed by atoms with Gasteiger partial charge in [-0.3, -0.25) is 4.79 Å². The summed E-state index contributed by atoms with van der Waals surface area (Å²) < 4.78 is 1.89. The molecule has 0 bridgehead atoms. The number of rotatable bonds is 2. The second-order valence-electron chi connectivity index (χ2n) is 4.49. The Morgan fingerprint density at radius 3 is 2.86 bits per heavy atom. The molecule has 3 nitrogen and oxygen atoms in total. The van der Waals surface area contributed by atoms with Crippen molar-refractivity contribution in [3.8, 4) is 0 Å². The Morgan fingerprint density at radius 1 is 1.29 bits per heavy atom. The first-order chi connectivity index (χ1) is 10.0. The standard InChI is InChI=1S/C15H10ClIN2OS/c1-8-18-13-5-3-10(7-14(13)21-8)19-15(20)11-4-2-9(16)6-12(11)17/h2-7H,1H3,(H,19,20). The normalized spacial score (nSPS) is 10.8. The number of nitrogens with zero attached hydrogens (tertiary/aromatic N) is 1. The lowest BCUT2D eigenvalue weighted by atomic mass is 10.2. The zero-order valence-corrected chi connectivity index (χ0v) is 14.7. The fourth-order valence-electron chi connectivity index (χ4n) is 1.99. The molecule has 0 spiro atoms. The average molecular weight is 429 g/mol. The fourth-order valence-corrected chi connectivity index (χ4v) is 3.97. The second kappa shape index (κ2) is 5.90. The highest BCUT2D eigenvalue weighted by atomic mass is 127. The van der Waals surface area contributed by atoms with Crippen LogP contribution in [0, 0.1) is 10.5 Å². The second-order valence-corrected chi connectivity index (χ2v) is 7.33. The third kappa shape index (κ3) is 3.20. The molecule has 0 aliphatic heterocycles. The van der Waals surface area contributed by atoms with Crippen LogP contribution in [0.2, 0.25) is 5.02 Å². The van der Waals surface area contributed by atoms with Crippen LogP contribution in [0.3, 0.4) is 0 Å². The van der Waals surface area contributed by atoms with Gasteiger partial charge in [-0.2, -0.15) is 0 Å². The Morgan fingerprint density at radius 2 is 2.10 bits per heavy atom. The van der Waals surface area contributed by atoms with E-state index in [2.05, 4.69) is 32.9 Å². The van der Waals surface area contributed by atoms with Gasteiger partial charge in [-0.25, -0.2) is 4.98 Å². The maximum absolute atomic E-state index is 12.3. The molecular weight excluding hydrogens is 419 g/mol. The molecule has 2 aromatic carbocycles. The number of amides is 1. The molecule has 0 aliphatic carbocycles. The van der Waals surface area contributed by atoms with E-state index in [1.54, 1.807) is 29.5 Å². The van der Waals surface area contributed by atoms with Gasteiger partial charge in [-0.15, -0.1) is 11.3 Å². The van der Waals surface area contributed by atoms with Crippen LogP contribution in [0.15, 0.2) is 36.4 Å². The van der Waals surface area contributed by atoms with Crippen molar-refractivity contribution in [1.29, 1.82) is 0 Å². The van der Waals surface area contributed by atoms with Gasteiger partial charge in [0.15, 0.2) is 0 Å². The number of benzene rings is 2. The van der Waals surface area contributed by atoms with Gasteiger partial charge in [0.25, 0.3) is 5.91 Å². The van der Waals surface area contributed by atoms with E-state index in [9.17, 15) is 4.79 Å².